The number of tetrazole rings is 1. The van der Waals surface area contributed by atoms with E-state index in [0.717, 1.165) is 27.3 Å². The lowest BCUT2D eigenvalue weighted by Crippen LogP contribution is -2.44. The second-order valence-electron chi connectivity index (χ2n) is 7.60. The fourth-order valence-corrected chi connectivity index (χ4v) is 3.90. The zero-order valence-electron chi connectivity index (χ0n) is 17.0. The number of carbonyl (C=O) groups is 2. The molecule has 0 unspecified atom stereocenters. The van der Waals surface area contributed by atoms with Crippen LogP contribution in [0.4, 0.5) is 11.4 Å². The lowest BCUT2D eigenvalue weighted by Gasteiger charge is -2.32. The first kappa shape index (κ1) is 20.2. The van der Waals surface area contributed by atoms with Gasteiger partial charge in [0.15, 0.2) is 5.69 Å². The predicted octanol–water partition coefficient (Wildman–Crippen LogP) is -1.11. The maximum atomic E-state index is 12.6. The average molecular weight is 448 g/mol. The summed E-state index contributed by atoms with van der Waals surface area (Å²) in [5, 5.41) is 22.6. The summed E-state index contributed by atoms with van der Waals surface area (Å²) in [6.45, 7) is 1.16. The minimum absolute atomic E-state index is 0.0000533. The molecule has 4 N–H and O–H groups in total. The summed E-state index contributed by atoms with van der Waals surface area (Å²) < 4.78 is 0.928. The first-order chi connectivity index (χ1) is 15.8. The molecule has 1 aliphatic heterocycles. The molecule has 1 aliphatic rings. The van der Waals surface area contributed by atoms with Crippen LogP contribution in [-0.2, 0) is 19.5 Å². The quantitative estimate of drug-likeness (QED) is 0.314. The molecule has 2 aromatic carbocycles. The number of nitrogens with zero attached hydrogens (tertiary/aromatic N) is 6. The first-order valence-corrected chi connectivity index (χ1v) is 9.88. The molecule has 5 rings (SSSR count). The van der Waals surface area contributed by atoms with Crippen molar-refractivity contribution < 1.29 is 14.7 Å². The molecule has 33 heavy (non-hydrogen) atoms. The molecule has 2 aromatic heterocycles. The lowest BCUT2D eigenvalue weighted by molar-refractivity contribution is 0.0687. The van der Waals surface area contributed by atoms with Gasteiger partial charge in [0.25, 0.3) is 22.5 Å². The number of carbonyl (C=O) groups excluding carboxylic acids is 1. The topological polar surface area (TPSA) is 186 Å². The molecule has 0 spiro atoms. The first-order valence-electron chi connectivity index (χ1n) is 9.88. The van der Waals surface area contributed by atoms with Crippen molar-refractivity contribution in [1.82, 2.24) is 30.3 Å². The van der Waals surface area contributed by atoms with Crippen molar-refractivity contribution in [3.8, 4) is 0 Å². The standard InChI is InChI=1S/C20H16N8O5/c21-14-15(17(30)16(14)29)27-4-3-10-2-1-9(5-11(10)8-27)7-22-18(31)12-6-13(19(32)33)28-20(23-12)24-25-26-28/h1-2,5-6H,3-4,7-8,21H2,(H,22,31)(H,32,33). The number of aromatic carboxylic acids is 1. The van der Waals surface area contributed by atoms with Crippen LogP contribution in [0.2, 0.25) is 0 Å². The van der Waals surface area contributed by atoms with Crippen LogP contribution in [0.3, 0.4) is 0 Å². The molecule has 0 radical (unpaired) electrons. The van der Waals surface area contributed by atoms with E-state index < -0.39 is 22.7 Å². The van der Waals surface area contributed by atoms with Crippen LogP contribution in [0.5, 0.6) is 0 Å². The van der Waals surface area contributed by atoms with Crippen LogP contribution in [-0.4, -0.2) is 48.6 Å². The van der Waals surface area contributed by atoms with Crippen LogP contribution >= 0.6 is 0 Å². The Morgan fingerprint density at radius 1 is 1.15 bits per heavy atom. The summed E-state index contributed by atoms with van der Waals surface area (Å²) in [7, 11) is 0. The maximum Gasteiger partial charge on any atom is 0.354 e. The minimum Gasteiger partial charge on any atom is -0.477 e. The molecular weight excluding hydrogens is 432 g/mol. The SMILES string of the molecule is Nc1c(N2CCc3ccc(CNC(=O)c4cc(C(=O)O)n5nnnc5n4)cc3C2)c(=O)c1=O. The molecule has 0 bridgehead atoms. The number of rotatable bonds is 5. The highest BCUT2D eigenvalue weighted by Gasteiger charge is 2.27. The van der Waals surface area contributed by atoms with Gasteiger partial charge < -0.3 is 21.1 Å². The third-order valence-corrected chi connectivity index (χ3v) is 5.60. The van der Waals surface area contributed by atoms with Crippen molar-refractivity contribution in [3.63, 3.8) is 0 Å². The van der Waals surface area contributed by atoms with E-state index in [4.69, 9.17) is 5.73 Å². The van der Waals surface area contributed by atoms with Gasteiger partial charge in [-0.2, -0.15) is 4.52 Å². The van der Waals surface area contributed by atoms with Crippen molar-refractivity contribution in [2.75, 3.05) is 17.2 Å². The Labute approximate surface area is 184 Å². The predicted molar refractivity (Wildman–Crippen MR) is 114 cm³/mol. The summed E-state index contributed by atoms with van der Waals surface area (Å²) in [6, 6.07) is 6.84. The second-order valence-corrected chi connectivity index (χ2v) is 7.60. The van der Waals surface area contributed by atoms with Gasteiger partial charge in [0.05, 0.1) is 0 Å². The van der Waals surface area contributed by atoms with Gasteiger partial charge in [-0.05, 0) is 33.5 Å². The number of carboxylic acids is 1. The van der Waals surface area contributed by atoms with Crippen LogP contribution < -0.4 is 26.8 Å². The van der Waals surface area contributed by atoms with Crippen molar-refractivity contribution >= 4 is 29.0 Å². The number of benzene rings is 1. The molecular formula is C20H16N8O5. The van der Waals surface area contributed by atoms with Crippen LogP contribution in [0.25, 0.3) is 5.78 Å². The Balaban J connectivity index is 1.32. The molecule has 1 amide bonds. The monoisotopic (exact) mass is 448 g/mol. The number of fused-ring (bicyclic) bond motifs is 2. The van der Waals surface area contributed by atoms with Gasteiger partial charge in [0.2, 0.25) is 0 Å². The van der Waals surface area contributed by atoms with Crippen LogP contribution in [0, 0.1) is 0 Å². The number of hydrogen-bond acceptors (Lipinski definition) is 10. The molecule has 0 saturated heterocycles. The number of anilines is 2. The van der Waals surface area contributed by atoms with E-state index in [1.54, 1.807) is 4.90 Å². The largest absolute Gasteiger partial charge is 0.477 e. The maximum absolute atomic E-state index is 12.6. The Hall–Kier alpha value is -4.68. The van der Waals surface area contributed by atoms with E-state index in [1.807, 2.05) is 18.2 Å². The number of nitrogen functional groups attached to an aromatic ring is 1. The summed E-state index contributed by atoms with van der Waals surface area (Å²) >= 11 is 0. The summed E-state index contributed by atoms with van der Waals surface area (Å²) in [6.07, 6.45) is 0.689. The summed E-state index contributed by atoms with van der Waals surface area (Å²) in [5.74, 6) is -1.99. The number of aromatic nitrogens is 5. The van der Waals surface area contributed by atoms with Crippen molar-refractivity contribution in [3.05, 3.63) is 72.8 Å². The Bertz CT molecular complexity index is 1520. The highest BCUT2D eigenvalue weighted by molar-refractivity contribution is 5.95. The van der Waals surface area contributed by atoms with Gasteiger partial charge in [-0.25, -0.2) is 9.78 Å². The van der Waals surface area contributed by atoms with E-state index in [2.05, 4.69) is 25.8 Å². The number of amides is 1. The molecule has 13 heteroatoms. The van der Waals surface area contributed by atoms with E-state index >= 15 is 0 Å². The molecule has 13 nitrogen and oxygen atoms in total. The normalized spacial score (nSPS) is 13.3. The number of nitrogens with two attached hydrogens (primary N) is 1. The smallest absolute Gasteiger partial charge is 0.354 e. The molecule has 4 aromatic rings. The molecule has 166 valence electrons. The number of hydrogen-bond donors (Lipinski definition) is 3. The van der Waals surface area contributed by atoms with E-state index in [0.29, 0.717) is 19.5 Å². The van der Waals surface area contributed by atoms with Crippen molar-refractivity contribution in [2.24, 2.45) is 0 Å². The second kappa shape index (κ2) is 7.47. The van der Waals surface area contributed by atoms with E-state index in [9.17, 15) is 24.3 Å². The number of carboxylic acid groups (broad SMARTS) is 1. The van der Waals surface area contributed by atoms with E-state index in [-0.39, 0.29) is 35.1 Å². The zero-order valence-corrected chi connectivity index (χ0v) is 17.0. The number of nitrogens with one attached hydrogen (secondary N) is 1. The lowest BCUT2D eigenvalue weighted by atomic mass is 9.96. The third-order valence-electron chi connectivity index (χ3n) is 5.60. The van der Waals surface area contributed by atoms with Crippen molar-refractivity contribution in [2.45, 2.75) is 19.5 Å². The molecule has 0 saturated carbocycles. The Morgan fingerprint density at radius 2 is 1.97 bits per heavy atom. The molecule has 0 atom stereocenters. The average Bonchev–Trinajstić information content (AvgIpc) is 3.30. The Morgan fingerprint density at radius 3 is 2.73 bits per heavy atom. The highest BCUT2D eigenvalue weighted by Crippen LogP contribution is 2.26. The van der Waals surface area contributed by atoms with Gasteiger partial charge in [-0.15, -0.1) is 0 Å². The third kappa shape index (κ3) is 3.35. The molecule has 0 fully saturated rings. The van der Waals surface area contributed by atoms with Crippen LogP contribution in [0.1, 0.15) is 37.7 Å². The molecule has 0 aliphatic carbocycles. The van der Waals surface area contributed by atoms with Gasteiger partial charge in [0.1, 0.15) is 17.1 Å². The fraction of sp³-hybridized carbons (Fsp3) is 0.200. The minimum atomic E-state index is -1.30. The van der Waals surface area contributed by atoms with Crippen LogP contribution in [0.15, 0.2) is 33.9 Å². The summed E-state index contributed by atoms with van der Waals surface area (Å²) in [4.78, 5) is 53.1. The van der Waals surface area contributed by atoms with Gasteiger partial charge in [0, 0.05) is 25.7 Å². The zero-order chi connectivity index (χ0) is 23.3. The highest BCUT2D eigenvalue weighted by atomic mass is 16.4. The Kier molecular flexibility index (Phi) is 4.58. The van der Waals surface area contributed by atoms with Gasteiger partial charge >= 0.3 is 5.97 Å². The van der Waals surface area contributed by atoms with E-state index in [1.165, 1.54) is 0 Å². The summed E-state index contributed by atoms with van der Waals surface area (Å²) in [5.41, 5.74) is 7.20. The molecule has 3 heterocycles. The van der Waals surface area contributed by atoms with Crippen molar-refractivity contribution in [1.29, 1.82) is 0 Å². The van der Waals surface area contributed by atoms with Gasteiger partial charge in [-0.3, -0.25) is 14.4 Å². The fourth-order valence-electron chi connectivity index (χ4n) is 3.90. The van der Waals surface area contributed by atoms with Gasteiger partial charge in [-0.1, -0.05) is 23.3 Å².